The fourth-order valence-electron chi connectivity index (χ4n) is 2.55. The summed E-state index contributed by atoms with van der Waals surface area (Å²) in [5, 5.41) is 11.8. The molecule has 26 heavy (non-hydrogen) atoms. The Kier molecular flexibility index (Phi) is 4.81. The van der Waals surface area contributed by atoms with Gasteiger partial charge in [0.15, 0.2) is 5.69 Å². The molecular formula is C20H18N4O2. The van der Waals surface area contributed by atoms with Crippen LogP contribution in [0.4, 0.5) is 0 Å². The molecule has 6 nitrogen and oxygen atoms in total. The van der Waals surface area contributed by atoms with Gasteiger partial charge in [-0.15, -0.1) is 0 Å². The molecule has 1 aromatic carbocycles. The third kappa shape index (κ3) is 3.62. The Morgan fingerprint density at radius 3 is 2.65 bits per heavy atom. The van der Waals surface area contributed by atoms with Crippen LogP contribution < -0.4 is 5.32 Å². The smallest absolute Gasteiger partial charge is 0.230 e. The lowest BCUT2D eigenvalue weighted by molar-refractivity contribution is -0.125. The highest BCUT2D eigenvalue weighted by Gasteiger charge is 2.29. The molecule has 0 spiro atoms. The number of aromatic nitrogens is 2. The molecule has 3 rings (SSSR count). The van der Waals surface area contributed by atoms with Crippen LogP contribution in [0.2, 0.25) is 0 Å². The average molecular weight is 346 g/mol. The van der Waals surface area contributed by atoms with Crippen LogP contribution in [0.5, 0.6) is 0 Å². The quantitative estimate of drug-likeness (QED) is 0.766. The molecule has 1 amide bonds. The molecule has 130 valence electrons. The van der Waals surface area contributed by atoms with Crippen molar-refractivity contribution >= 4 is 5.91 Å². The lowest BCUT2D eigenvalue weighted by Crippen LogP contribution is -2.39. The van der Waals surface area contributed by atoms with Gasteiger partial charge < -0.3 is 9.73 Å². The Morgan fingerprint density at radius 1 is 1.23 bits per heavy atom. The molecule has 0 atom stereocenters. The minimum Gasteiger partial charge on any atom is -0.467 e. The maximum Gasteiger partial charge on any atom is 0.230 e. The molecule has 3 aromatic rings. The Bertz CT molecular complexity index is 939. The number of furan rings is 1. The van der Waals surface area contributed by atoms with E-state index >= 15 is 0 Å². The van der Waals surface area contributed by atoms with Crippen LogP contribution in [0.1, 0.15) is 30.9 Å². The van der Waals surface area contributed by atoms with E-state index in [0.29, 0.717) is 18.0 Å². The molecule has 0 aliphatic carbocycles. The van der Waals surface area contributed by atoms with Gasteiger partial charge in [-0.3, -0.25) is 9.78 Å². The summed E-state index contributed by atoms with van der Waals surface area (Å²) in [7, 11) is 0. The maximum atomic E-state index is 12.6. The van der Waals surface area contributed by atoms with Crippen molar-refractivity contribution in [1.82, 2.24) is 15.3 Å². The number of hydrogen-bond acceptors (Lipinski definition) is 5. The molecule has 0 aliphatic heterocycles. The van der Waals surface area contributed by atoms with E-state index in [9.17, 15) is 4.79 Å². The molecule has 1 N–H and O–H groups in total. The highest BCUT2D eigenvalue weighted by atomic mass is 16.3. The van der Waals surface area contributed by atoms with E-state index < -0.39 is 5.41 Å². The van der Waals surface area contributed by atoms with Gasteiger partial charge in [-0.2, -0.15) is 5.26 Å². The summed E-state index contributed by atoms with van der Waals surface area (Å²) >= 11 is 0. The second kappa shape index (κ2) is 7.19. The third-order valence-electron chi connectivity index (χ3n) is 4.22. The second-order valence-corrected chi connectivity index (χ2v) is 6.37. The van der Waals surface area contributed by atoms with Gasteiger partial charge in [0.1, 0.15) is 11.8 Å². The van der Waals surface area contributed by atoms with E-state index in [1.165, 1.54) is 6.20 Å². The van der Waals surface area contributed by atoms with Crippen LogP contribution >= 0.6 is 0 Å². The van der Waals surface area contributed by atoms with Crippen molar-refractivity contribution in [2.45, 2.75) is 25.8 Å². The molecule has 0 saturated heterocycles. The summed E-state index contributed by atoms with van der Waals surface area (Å²) in [6, 6.07) is 13.1. The molecule has 0 radical (unpaired) electrons. The van der Waals surface area contributed by atoms with Crippen LogP contribution in [0.25, 0.3) is 11.3 Å². The number of nitriles is 1. The van der Waals surface area contributed by atoms with Gasteiger partial charge in [-0.1, -0.05) is 24.3 Å². The normalized spacial score (nSPS) is 11.0. The number of benzene rings is 1. The van der Waals surface area contributed by atoms with E-state index in [1.54, 1.807) is 18.5 Å². The summed E-state index contributed by atoms with van der Waals surface area (Å²) in [4.78, 5) is 20.8. The lowest BCUT2D eigenvalue weighted by atomic mass is 9.83. The highest BCUT2D eigenvalue weighted by Crippen LogP contribution is 2.26. The van der Waals surface area contributed by atoms with Crippen LogP contribution in [-0.4, -0.2) is 15.9 Å². The number of rotatable bonds is 5. The fraction of sp³-hybridized carbons (Fsp3) is 0.200. The van der Waals surface area contributed by atoms with Gasteiger partial charge in [-0.25, -0.2) is 4.98 Å². The van der Waals surface area contributed by atoms with E-state index in [-0.39, 0.29) is 11.6 Å². The molecule has 0 aliphatic rings. The molecule has 6 heteroatoms. The number of nitrogens with zero attached hydrogens (tertiary/aromatic N) is 3. The SMILES string of the molecule is CC(C)(C(=O)NCc1ccco1)c1ccc(-c2cncc(C#N)n2)cc1. The molecule has 2 aromatic heterocycles. The zero-order valence-corrected chi connectivity index (χ0v) is 14.6. The third-order valence-corrected chi connectivity index (χ3v) is 4.22. The Labute approximate surface area is 151 Å². The molecular weight excluding hydrogens is 328 g/mol. The van der Waals surface area contributed by atoms with E-state index in [4.69, 9.17) is 9.68 Å². The van der Waals surface area contributed by atoms with Gasteiger partial charge in [-0.05, 0) is 31.5 Å². The first-order valence-electron chi connectivity index (χ1n) is 8.14. The van der Waals surface area contributed by atoms with Crippen molar-refractivity contribution in [3.63, 3.8) is 0 Å². The first-order chi connectivity index (χ1) is 12.5. The first-order valence-corrected chi connectivity index (χ1v) is 8.14. The van der Waals surface area contributed by atoms with E-state index in [0.717, 1.165) is 11.1 Å². The van der Waals surface area contributed by atoms with Gasteiger partial charge >= 0.3 is 0 Å². The predicted octanol–water partition coefficient (Wildman–Crippen LogP) is 3.20. The number of amides is 1. The minimum atomic E-state index is -0.703. The lowest BCUT2D eigenvalue weighted by Gasteiger charge is -2.24. The molecule has 0 bridgehead atoms. The zero-order chi connectivity index (χ0) is 18.6. The Hall–Kier alpha value is -3.46. The van der Waals surface area contributed by atoms with Gasteiger partial charge in [0.05, 0.1) is 36.3 Å². The molecule has 2 heterocycles. The molecule has 0 fully saturated rings. The van der Waals surface area contributed by atoms with Crippen molar-refractivity contribution < 1.29 is 9.21 Å². The van der Waals surface area contributed by atoms with Crippen molar-refractivity contribution in [3.05, 3.63) is 72.1 Å². The second-order valence-electron chi connectivity index (χ2n) is 6.37. The Morgan fingerprint density at radius 2 is 2.00 bits per heavy atom. The number of carbonyl (C=O) groups excluding carboxylic acids is 1. The fourth-order valence-corrected chi connectivity index (χ4v) is 2.55. The summed E-state index contributed by atoms with van der Waals surface area (Å²) in [6.07, 6.45) is 4.61. The van der Waals surface area contributed by atoms with Gasteiger partial charge in [0.2, 0.25) is 5.91 Å². The van der Waals surface area contributed by atoms with Crippen LogP contribution in [-0.2, 0) is 16.8 Å². The van der Waals surface area contributed by atoms with Crippen molar-refractivity contribution in [1.29, 1.82) is 5.26 Å². The van der Waals surface area contributed by atoms with Gasteiger partial charge in [0.25, 0.3) is 0 Å². The number of nitrogens with one attached hydrogen (secondary N) is 1. The molecule has 0 unspecified atom stereocenters. The van der Waals surface area contributed by atoms with Crippen LogP contribution in [0.15, 0.2) is 59.5 Å². The van der Waals surface area contributed by atoms with Gasteiger partial charge in [0, 0.05) is 5.56 Å². The standard InChI is InChI=1S/C20H18N4O2/c1-20(2,19(25)23-12-17-4-3-9-26-17)15-7-5-14(6-8-15)18-13-22-11-16(10-21)24-18/h3-9,11,13H,12H2,1-2H3,(H,23,25). The summed E-state index contributed by atoms with van der Waals surface area (Å²) < 4.78 is 5.24. The predicted molar refractivity (Wildman–Crippen MR) is 95.8 cm³/mol. The zero-order valence-electron chi connectivity index (χ0n) is 14.6. The van der Waals surface area contributed by atoms with Crippen molar-refractivity contribution in [2.75, 3.05) is 0 Å². The van der Waals surface area contributed by atoms with E-state index in [2.05, 4.69) is 15.3 Å². The number of carbonyl (C=O) groups is 1. The van der Waals surface area contributed by atoms with Crippen molar-refractivity contribution in [2.24, 2.45) is 0 Å². The average Bonchev–Trinajstić information content (AvgIpc) is 3.19. The van der Waals surface area contributed by atoms with Crippen molar-refractivity contribution in [3.8, 4) is 17.3 Å². The maximum absolute atomic E-state index is 12.6. The summed E-state index contributed by atoms with van der Waals surface area (Å²) in [5.41, 5.74) is 1.90. The first kappa shape index (κ1) is 17.4. The van der Waals surface area contributed by atoms with Crippen LogP contribution in [0, 0.1) is 11.3 Å². The largest absolute Gasteiger partial charge is 0.467 e. The van der Waals surface area contributed by atoms with E-state index in [1.807, 2.05) is 50.2 Å². The topological polar surface area (TPSA) is 91.8 Å². The Balaban J connectivity index is 1.75. The highest BCUT2D eigenvalue weighted by molar-refractivity contribution is 5.87. The number of hydrogen-bond donors (Lipinski definition) is 1. The molecule has 0 saturated carbocycles. The minimum absolute atomic E-state index is 0.0899. The summed E-state index contributed by atoms with van der Waals surface area (Å²) in [5.74, 6) is 0.619. The summed E-state index contributed by atoms with van der Waals surface area (Å²) in [6.45, 7) is 4.09. The monoisotopic (exact) mass is 346 g/mol. The van der Waals surface area contributed by atoms with Crippen LogP contribution in [0.3, 0.4) is 0 Å².